The molecule has 0 spiro atoms. The Labute approximate surface area is 73.3 Å². The van der Waals surface area contributed by atoms with Crippen LogP contribution in [0.3, 0.4) is 0 Å². The largest absolute Gasteiger partial charge is 0.463 e. The first-order chi connectivity index (χ1) is 6.36. The Morgan fingerprint density at radius 1 is 1.62 bits per heavy atom. The summed E-state index contributed by atoms with van der Waals surface area (Å²) in [6, 6.07) is 3.50. The first-order valence-electron chi connectivity index (χ1n) is 3.70. The van der Waals surface area contributed by atoms with Crippen molar-refractivity contribution in [1.82, 2.24) is 9.66 Å². The first-order valence-corrected chi connectivity index (χ1v) is 3.70. The van der Waals surface area contributed by atoms with E-state index in [0.717, 1.165) is 0 Å². The highest BCUT2D eigenvalue weighted by molar-refractivity contribution is 5.75. The number of imidazole rings is 1. The van der Waals surface area contributed by atoms with E-state index in [0.29, 0.717) is 5.76 Å². The average Bonchev–Trinajstić information content (AvgIpc) is 2.72. The summed E-state index contributed by atoms with van der Waals surface area (Å²) < 4.78 is 6.18. The van der Waals surface area contributed by atoms with Crippen molar-refractivity contribution >= 4 is 6.21 Å². The van der Waals surface area contributed by atoms with Crippen LogP contribution in [0.5, 0.6) is 0 Å². The highest BCUT2D eigenvalue weighted by Gasteiger charge is 1.91. The van der Waals surface area contributed by atoms with Gasteiger partial charge in [-0.1, -0.05) is 0 Å². The fourth-order valence-corrected chi connectivity index (χ4v) is 0.888. The maximum atomic E-state index is 10.9. The number of hydrogen-bond donors (Lipinski definition) is 1. The Kier molecular flexibility index (Phi) is 1.84. The van der Waals surface area contributed by atoms with Crippen molar-refractivity contribution in [1.29, 1.82) is 0 Å². The Morgan fingerprint density at radius 3 is 3.15 bits per heavy atom. The molecule has 0 radical (unpaired) electrons. The molecule has 0 aliphatic rings. The van der Waals surface area contributed by atoms with Gasteiger partial charge in [-0.15, -0.1) is 0 Å². The SMILES string of the molecule is O=c1[nH]ccn1N=Cc1ccco1. The lowest BCUT2D eigenvalue weighted by Gasteiger charge is -1.86. The Hall–Kier alpha value is -2.04. The van der Waals surface area contributed by atoms with Crippen LogP contribution in [-0.2, 0) is 0 Å². The molecule has 2 aromatic rings. The minimum Gasteiger partial charge on any atom is -0.463 e. The Balaban J connectivity index is 2.24. The minimum absolute atomic E-state index is 0.275. The van der Waals surface area contributed by atoms with Gasteiger partial charge in [0, 0.05) is 6.20 Å². The van der Waals surface area contributed by atoms with Crippen LogP contribution < -0.4 is 5.69 Å². The van der Waals surface area contributed by atoms with Crippen LogP contribution in [0.1, 0.15) is 5.76 Å². The summed E-state index contributed by atoms with van der Waals surface area (Å²) in [5, 5.41) is 3.86. The normalized spacial score (nSPS) is 11.1. The van der Waals surface area contributed by atoms with E-state index in [2.05, 4.69) is 10.1 Å². The van der Waals surface area contributed by atoms with Gasteiger partial charge in [-0.05, 0) is 12.1 Å². The molecule has 0 aliphatic heterocycles. The molecule has 0 aliphatic carbocycles. The number of H-pyrrole nitrogens is 1. The predicted molar refractivity (Wildman–Crippen MR) is 46.8 cm³/mol. The molecule has 0 unspecified atom stereocenters. The topological polar surface area (TPSA) is 63.3 Å². The predicted octanol–water partition coefficient (Wildman–Crippen LogP) is 0.652. The highest BCUT2D eigenvalue weighted by Crippen LogP contribution is 1.94. The number of rotatable bonds is 2. The lowest BCUT2D eigenvalue weighted by Crippen LogP contribution is -2.11. The summed E-state index contributed by atoms with van der Waals surface area (Å²) in [7, 11) is 0. The number of hydrogen-bond acceptors (Lipinski definition) is 3. The van der Waals surface area contributed by atoms with Gasteiger partial charge in [0.05, 0.1) is 18.7 Å². The number of aromatic nitrogens is 2. The first kappa shape index (κ1) is 7.60. The molecule has 2 aromatic heterocycles. The fourth-order valence-electron chi connectivity index (χ4n) is 0.888. The molecule has 0 atom stereocenters. The van der Waals surface area contributed by atoms with Crippen LogP contribution in [0.25, 0.3) is 0 Å². The number of nitrogens with zero attached hydrogens (tertiary/aromatic N) is 2. The summed E-state index contributed by atoms with van der Waals surface area (Å²) in [5.74, 6) is 0.605. The molecule has 0 bridgehead atoms. The second-order valence-corrected chi connectivity index (χ2v) is 2.37. The van der Waals surface area contributed by atoms with Crippen molar-refractivity contribution < 1.29 is 4.42 Å². The minimum atomic E-state index is -0.275. The van der Waals surface area contributed by atoms with Crippen molar-refractivity contribution in [2.24, 2.45) is 5.10 Å². The standard InChI is InChI=1S/C8H7N3O2/c12-8-9-3-4-11(8)10-6-7-2-1-5-13-7/h1-6H,(H,9,12). The zero-order valence-corrected chi connectivity index (χ0v) is 6.68. The van der Waals surface area contributed by atoms with E-state index in [1.165, 1.54) is 23.3 Å². The Morgan fingerprint density at radius 2 is 2.54 bits per heavy atom. The van der Waals surface area contributed by atoms with Gasteiger partial charge in [-0.3, -0.25) is 0 Å². The molecule has 2 heterocycles. The van der Waals surface area contributed by atoms with Crippen LogP contribution in [0.15, 0.2) is 45.1 Å². The summed E-state index contributed by atoms with van der Waals surface area (Å²) in [5.41, 5.74) is -0.275. The van der Waals surface area contributed by atoms with Crippen LogP contribution in [0, 0.1) is 0 Å². The van der Waals surface area contributed by atoms with E-state index in [1.54, 1.807) is 18.4 Å². The second-order valence-electron chi connectivity index (χ2n) is 2.37. The molecule has 0 fully saturated rings. The van der Waals surface area contributed by atoms with Crippen molar-refractivity contribution in [2.45, 2.75) is 0 Å². The molecule has 0 aromatic carbocycles. The molecule has 2 rings (SSSR count). The van der Waals surface area contributed by atoms with E-state index in [1.807, 2.05) is 0 Å². The van der Waals surface area contributed by atoms with Gasteiger partial charge in [-0.25, -0.2) is 4.79 Å². The van der Waals surface area contributed by atoms with Crippen molar-refractivity contribution in [2.75, 3.05) is 0 Å². The second kappa shape index (κ2) is 3.14. The molecule has 13 heavy (non-hydrogen) atoms. The Bertz CT molecular complexity index is 450. The molecule has 0 saturated carbocycles. The molecular weight excluding hydrogens is 170 g/mol. The summed E-state index contributed by atoms with van der Waals surface area (Å²) in [6.07, 6.45) is 6.06. The molecule has 66 valence electrons. The lowest BCUT2D eigenvalue weighted by atomic mass is 10.5. The quantitative estimate of drug-likeness (QED) is 0.684. The van der Waals surface area contributed by atoms with Gasteiger partial charge in [0.1, 0.15) is 5.76 Å². The van der Waals surface area contributed by atoms with Gasteiger partial charge in [-0.2, -0.15) is 9.78 Å². The van der Waals surface area contributed by atoms with Gasteiger partial charge >= 0.3 is 5.69 Å². The van der Waals surface area contributed by atoms with Gasteiger partial charge in [0.25, 0.3) is 0 Å². The number of aromatic amines is 1. The third-order valence-corrected chi connectivity index (χ3v) is 1.48. The van der Waals surface area contributed by atoms with Crippen LogP contribution in [0.4, 0.5) is 0 Å². The van der Waals surface area contributed by atoms with Crippen LogP contribution in [0.2, 0.25) is 0 Å². The summed E-state index contributed by atoms with van der Waals surface area (Å²) in [6.45, 7) is 0. The van der Waals surface area contributed by atoms with Crippen LogP contribution in [-0.4, -0.2) is 15.9 Å². The molecule has 1 N–H and O–H groups in total. The fraction of sp³-hybridized carbons (Fsp3) is 0. The van der Waals surface area contributed by atoms with E-state index in [9.17, 15) is 4.79 Å². The van der Waals surface area contributed by atoms with Crippen molar-refractivity contribution in [3.8, 4) is 0 Å². The molecule has 0 saturated heterocycles. The molecule has 0 amide bonds. The average molecular weight is 177 g/mol. The van der Waals surface area contributed by atoms with E-state index < -0.39 is 0 Å². The van der Waals surface area contributed by atoms with E-state index >= 15 is 0 Å². The monoisotopic (exact) mass is 177 g/mol. The third kappa shape index (κ3) is 1.58. The van der Waals surface area contributed by atoms with E-state index in [-0.39, 0.29) is 5.69 Å². The smallest absolute Gasteiger partial charge is 0.346 e. The third-order valence-electron chi connectivity index (χ3n) is 1.48. The molecular formula is C8H7N3O2. The van der Waals surface area contributed by atoms with Gasteiger partial charge in [0.2, 0.25) is 0 Å². The van der Waals surface area contributed by atoms with Crippen LogP contribution >= 0.6 is 0 Å². The summed E-state index contributed by atoms with van der Waals surface area (Å²) >= 11 is 0. The van der Waals surface area contributed by atoms with Gasteiger partial charge in [0.15, 0.2) is 0 Å². The van der Waals surface area contributed by atoms with E-state index in [4.69, 9.17) is 4.42 Å². The number of nitrogens with one attached hydrogen (secondary N) is 1. The zero-order chi connectivity index (χ0) is 9.10. The van der Waals surface area contributed by atoms with Crippen molar-refractivity contribution in [3.63, 3.8) is 0 Å². The molecule has 5 nitrogen and oxygen atoms in total. The van der Waals surface area contributed by atoms with Crippen molar-refractivity contribution in [3.05, 3.63) is 47.0 Å². The molecule has 5 heteroatoms. The highest BCUT2D eigenvalue weighted by atomic mass is 16.3. The maximum Gasteiger partial charge on any atom is 0.346 e. The summed E-state index contributed by atoms with van der Waals surface area (Å²) in [4.78, 5) is 13.4. The van der Waals surface area contributed by atoms with Gasteiger partial charge < -0.3 is 9.40 Å². The zero-order valence-electron chi connectivity index (χ0n) is 6.68. The lowest BCUT2D eigenvalue weighted by molar-refractivity contribution is 0.559. The maximum absolute atomic E-state index is 10.9. The number of furan rings is 1.